The number of nitrogens with one attached hydrogen (secondary N) is 1. The molecular formula is C18H27N3O4. The maximum atomic E-state index is 12.0. The van der Waals surface area contributed by atoms with E-state index in [4.69, 9.17) is 4.74 Å². The van der Waals surface area contributed by atoms with Crippen molar-refractivity contribution in [3.8, 4) is 0 Å². The average molecular weight is 349 g/mol. The Morgan fingerprint density at radius 3 is 2.60 bits per heavy atom. The topological polar surface area (TPSA) is 105 Å². The van der Waals surface area contributed by atoms with Gasteiger partial charge in [-0.1, -0.05) is 19.3 Å². The largest absolute Gasteiger partial charge is 0.481 e. The van der Waals surface area contributed by atoms with Gasteiger partial charge in [0, 0.05) is 32.2 Å². The summed E-state index contributed by atoms with van der Waals surface area (Å²) in [6.07, 6.45) is 9.05. The molecule has 3 rings (SSSR count). The normalized spacial score (nSPS) is 22.3. The van der Waals surface area contributed by atoms with Crippen LogP contribution in [0.3, 0.4) is 0 Å². The third-order valence-corrected chi connectivity index (χ3v) is 5.58. The molecule has 1 saturated heterocycles. The van der Waals surface area contributed by atoms with Crippen molar-refractivity contribution in [2.75, 3.05) is 25.1 Å². The molecule has 1 atom stereocenters. The van der Waals surface area contributed by atoms with Gasteiger partial charge in [0.15, 0.2) is 0 Å². The van der Waals surface area contributed by atoms with Crippen LogP contribution in [0.15, 0.2) is 12.4 Å². The molecule has 0 aromatic carbocycles. The van der Waals surface area contributed by atoms with E-state index in [9.17, 15) is 15.0 Å². The van der Waals surface area contributed by atoms with Gasteiger partial charge in [0.25, 0.3) is 0 Å². The first-order valence-electron chi connectivity index (χ1n) is 9.18. The molecule has 1 aromatic heterocycles. The van der Waals surface area contributed by atoms with E-state index in [0.717, 1.165) is 12.8 Å². The Kier molecular flexibility index (Phi) is 5.86. The molecule has 1 aromatic rings. The molecule has 7 nitrogen and oxygen atoms in total. The number of aromatic nitrogens is 2. The number of rotatable bonds is 6. The molecule has 0 spiro atoms. The van der Waals surface area contributed by atoms with E-state index in [0.29, 0.717) is 50.0 Å². The number of aliphatic hydroxyl groups is 1. The van der Waals surface area contributed by atoms with Gasteiger partial charge in [-0.3, -0.25) is 9.78 Å². The van der Waals surface area contributed by atoms with E-state index in [1.54, 1.807) is 6.20 Å². The van der Waals surface area contributed by atoms with Crippen LogP contribution >= 0.6 is 0 Å². The average Bonchev–Trinajstić information content (AvgIpc) is 2.67. The third-order valence-electron chi connectivity index (χ3n) is 5.58. The molecule has 1 unspecified atom stereocenters. The Hall–Kier alpha value is -1.73. The van der Waals surface area contributed by atoms with Gasteiger partial charge >= 0.3 is 5.97 Å². The van der Waals surface area contributed by atoms with E-state index in [1.165, 1.54) is 25.5 Å². The van der Waals surface area contributed by atoms with E-state index in [-0.39, 0.29) is 0 Å². The number of hydrogen-bond donors (Lipinski definition) is 3. The highest BCUT2D eigenvalue weighted by atomic mass is 16.5. The van der Waals surface area contributed by atoms with Gasteiger partial charge in [0.2, 0.25) is 0 Å². The zero-order valence-corrected chi connectivity index (χ0v) is 14.5. The van der Waals surface area contributed by atoms with Gasteiger partial charge in [-0.05, 0) is 31.6 Å². The molecule has 1 saturated carbocycles. The summed E-state index contributed by atoms with van der Waals surface area (Å²) in [6.45, 7) is 1.16. The number of aliphatic hydroxyl groups excluding tert-OH is 1. The van der Waals surface area contributed by atoms with Gasteiger partial charge in [-0.15, -0.1) is 0 Å². The number of anilines is 1. The number of carboxylic acid groups (broad SMARTS) is 1. The minimum atomic E-state index is -1.08. The van der Waals surface area contributed by atoms with Crippen molar-refractivity contribution < 1.29 is 19.7 Å². The van der Waals surface area contributed by atoms with Crippen LogP contribution in [-0.4, -0.2) is 52.0 Å². The van der Waals surface area contributed by atoms with Crippen molar-refractivity contribution in [3.63, 3.8) is 0 Å². The predicted octanol–water partition coefficient (Wildman–Crippen LogP) is 1.96. The minimum Gasteiger partial charge on any atom is -0.481 e. The summed E-state index contributed by atoms with van der Waals surface area (Å²) >= 11 is 0. The van der Waals surface area contributed by atoms with Crippen LogP contribution in [0.2, 0.25) is 0 Å². The fourth-order valence-corrected chi connectivity index (χ4v) is 3.98. The molecule has 1 aliphatic heterocycles. The summed E-state index contributed by atoms with van der Waals surface area (Å²) in [5.41, 5.74) is -0.633. The highest BCUT2D eigenvalue weighted by Gasteiger charge is 2.45. The summed E-state index contributed by atoms with van der Waals surface area (Å²) in [7, 11) is 0. The molecule has 2 aliphatic rings. The molecule has 25 heavy (non-hydrogen) atoms. The molecule has 7 heteroatoms. The van der Waals surface area contributed by atoms with Crippen LogP contribution < -0.4 is 5.32 Å². The van der Waals surface area contributed by atoms with Crippen molar-refractivity contribution in [2.24, 2.45) is 5.92 Å². The monoisotopic (exact) mass is 349 g/mol. The summed E-state index contributed by atoms with van der Waals surface area (Å²) in [5, 5.41) is 23.5. The SMILES string of the molecule is O=C(O)C1(c2nccnc2NCC(O)C2CCCCC2)CCOCC1. The van der Waals surface area contributed by atoms with E-state index >= 15 is 0 Å². The fourth-order valence-electron chi connectivity index (χ4n) is 3.98. The van der Waals surface area contributed by atoms with Gasteiger partial charge in [-0.2, -0.15) is 0 Å². The number of carboxylic acids is 1. The zero-order chi connectivity index (χ0) is 17.7. The van der Waals surface area contributed by atoms with Crippen molar-refractivity contribution in [1.82, 2.24) is 9.97 Å². The number of carbonyl (C=O) groups is 1. The lowest BCUT2D eigenvalue weighted by molar-refractivity contribution is -0.148. The van der Waals surface area contributed by atoms with Crippen molar-refractivity contribution in [3.05, 3.63) is 18.1 Å². The van der Waals surface area contributed by atoms with Crippen molar-refractivity contribution in [1.29, 1.82) is 0 Å². The first-order valence-corrected chi connectivity index (χ1v) is 9.18. The molecule has 0 radical (unpaired) electrons. The third kappa shape index (κ3) is 3.93. The Morgan fingerprint density at radius 2 is 1.92 bits per heavy atom. The summed E-state index contributed by atoms with van der Waals surface area (Å²) < 4.78 is 5.34. The standard InChI is InChI=1S/C18H27N3O4/c22-14(13-4-2-1-3-5-13)12-21-16-15(19-8-9-20-16)18(17(23)24)6-10-25-11-7-18/h8-9,13-14,22H,1-7,10-12H2,(H,20,21)(H,23,24). The lowest BCUT2D eigenvalue weighted by Crippen LogP contribution is -2.43. The Balaban J connectivity index is 1.75. The van der Waals surface area contributed by atoms with Crippen LogP contribution in [0.4, 0.5) is 5.82 Å². The van der Waals surface area contributed by atoms with E-state index in [2.05, 4.69) is 15.3 Å². The Morgan fingerprint density at radius 1 is 1.24 bits per heavy atom. The number of hydrogen-bond acceptors (Lipinski definition) is 6. The van der Waals surface area contributed by atoms with Gasteiger partial charge < -0.3 is 20.3 Å². The highest BCUT2D eigenvalue weighted by molar-refractivity contribution is 5.82. The number of aliphatic carboxylic acids is 1. The van der Waals surface area contributed by atoms with Crippen LogP contribution in [0.25, 0.3) is 0 Å². The van der Waals surface area contributed by atoms with Crippen LogP contribution in [0.1, 0.15) is 50.6 Å². The maximum absolute atomic E-state index is 12.0. The molecule has 1 aliphatic carbocycles. The first kappa shape index (κ1) is 18.1. The highest BCUT2D eigenvalue weighted by Crippen LogP contribution is 2.37. The van der Waals surface area contributed by atoms with Gasteiger partial charge in [0.05, 0.1) is 6.10 Å². The molecule has 0 bridgehead atoms. The zero-order valence-electron chi connectivity index (χ0n) is 14.5. The molecule has 0 amide bonds. The maximum Gasteiger partial charge on any atom is 0.316 e. The number of ether oxygens (including phenoxy) is 1. The lowest BCUT2D eigenvalue weighted by Gasteiger charge is -2.33. The van der Waals surface area contributed by atoms with Crippen LogP contribution in [-0.2, 0) is 14.9 Å². The van der Waals surface area contributed by atoms with E-state index in [1.807, 2.05) is 0 Å². The summed E-state index contributed by atoms with van der Waals surface area (Å²) in [5.74, 6) is -0.133. The second-order valence-corrected chi connectivity index (χ2v) is 7.10. The second kappa shape index (κ2) is 8.10. The van der Waals surface area contributed by atoms with Crippen molar-refractivity contribution in [2.45, 2.75) is 56.5 Å². The molecule has 2 fully saturated rings. The Labute approximate surface area is 147 Å². The quantitative estimate of drug-likeness (QED) is 0.721. The van der Waals surface area contributed by atoms with E-state index < -0.39 is 17.5 Å². The van der Waals surface area contributed by atoms with Gasteiger partial charge in [0.1, 0.15) is 16.9 Å². The lowest BCUT2D eigenvalue weighted by atomic mass is 9.77. The second-order valence-electron chi connectivity index (χ2n) is 7.10. The molecule has 3 N–H and O–H groups in total. The smallest absolute Gasteiger partial charge is 0.316 e. The van der Waals surface area contributed by atoms with Crippen LogP contribution in [0.5, 0.6) is 0 Å². The van der Waals surface area contributed by atoms with Crippen molar-refractivity contribution >= 4 is 11.8 Å². The number of nitrogens with zero attached hydrogens (tertiary/aromatic N) is 2. The predicted molar refractivity (Wildman–Crippen MR) is 92.5 cm³/mol. The van der Waals surface area contributed by atoms with Crippen LogP contribution in [0, 0.1) is 5.92 Å². The molecule has 138 valence electrons. The Bertz CT molecular complexity index is 583. The van der Waals surface area contributed by atoms with Gasteiger partial charge in [-0.25, -0.2) is 4.98 Å². The summed E-state index contributed by atoms with van der Waals surface area (Å²) in [6, 6.07) is 0. The summed E-state index contributed by atoms with van der Waals surface area (Å²) in [4.78, 5) is 20.7. The first-order chi connectivity index (χ1) is 12.1. The minimum absolute atomic E-state index is 0.304. The molecular weight excluding hydrogens is 322 g/mol. The molecule has 2 heterocycles. The fraction of sp³-hybridized carbons (Fsp3) is 0.722.